The summed E-state index contributed by atoms with van der Waals surface area (Å²) in [6.45, 7) is 6.31. The maximum atomic E-state index is 13.2. The summed E-state index contributed by atoms with van der Waals surface area (Å²) in [5.74, 6) is 1.18. The van der Waals surface area contributed by atoms with Crippen LogP contribution in [0.3, 0.4) is 0 Å². The maximum absolute atomic E-state index is 13.2. The van der Waals surface area contributed by atoms with Crippen molar-refractivity contribution >= 4 is 0 Å². The largest absolute Gasteiger partial charge is 0.339 e. The van der Waals surface area contributed by atoms with Crippen molar-refractivity contribution in [2.45, 2.75) is 32.7 Å². The first kappa shape index (κ1) is 14.7. The van der Waals surface area contributed by atoms with Crippen molar-refractivity contribution in [3.8, 4) is 11.4 Å². The van der Waals surface area contributed by atoms with E-state index >= 15 is 0 Å². The Balaban J connectivity index is 2.32. The molecule has 108 valence electrons. The zero-order chi connectivity index (χ0) is 14.7. The third kappa shape index (κ3) is 3.04. The molecule has 2 aromatic rings. The van der Waals surface area contributed by atoms with E-state index < -0.39 is 0 Å². The number of hydrogen-bond acceptors (Lipinski definition) is 4. The minimum atomic E-state index is -0.308. The molecular weight excluding hydrogens is 257 g/mol. The Hall–Kier alpha value is -1.75. The molecule has 0 amide bonds. The van der Waals surface area contributed by atoms with Gasteiger partial charge in [0.15, 0.2) is 0 Å². The molecule has 4 nitrogen and oxygen atoms in total. The number of halogens is 1. The highest BCUT2D eigenvalue weighted by atomic mass is 19.1. The van der Waals surface area contributed by atoms with Crippen molar-refractivity contribution in [1.29, 1.82) is 0 Å². The van der Waals surface area contributed by atoms with Gasteiger partial charge >= 0.3 is 0 Å². The summed E-state index contributed by atoms with van der Waals surface area (Å²) >= 11 is 0. The van der Waals surface area contributed by atoms with Gasteiger partial charge in [-0.05, 0) is 32.0 Å². The van der Waals surface area contributed by atoms with Gasteiger partial charge in [0.1, 0.15) is 5.82 Å². The van der Waals surface area contributed by atoms with Crippen LogP contribution in [0.25, 0.3) is 11.4 Å². The van der Waals surface area contributed by atoms with E-state index in [1.807, 2.05) is 7.05 Å². The lowest BCUT2D eigenvalue weighted by Crippen LogP contribution is -2.32. The van der Waals surface area contributed by atoms with E-state index in [4.69, 9.17) is 4.52 Å². The predicted octanol–water partition coefficient (Wildman–Crippen LogP) is 3.22. The summed E-state index contributed by atoms with van der Waals surface area (Å²) in [7, 11) is 1.91. The third-order valence-electron chi connectivity index (χ3n) is 3.52. The Kier molecular flexibility index (Phi) is 4.49. The summed E-state index contributed by atoms with van der Waals surface area (Å²) in [5, 5.41) is 7.18. The minimum absolute atomic E-state index is 0.120. The van der Waals surface area contributed by atoms with Crippen LogP contribution in [0.4, 0.5) is 4.39 Å². The Morgan fingerprint density at radius 2 is 2.00 bits per heavy atom. The number of rotatable bonds is 5. The summed E-state index contributed by atoms with van der Waals surface area (Å²) in [5.41, 5.74) is 0.625. The number of nitrogens with zero attached hydrogens (tertiary/aromatic N) is 2. The first-order chi connectivity index (χ1) is 9.52. The minimum Gasteiger partial charge on any atom is -0.339 e. The summed E-state index contributed by atoms with van der Waals surface area (Å²) < 4.78 is 18.6. The van der Waals surface area contributed by atoms with Crippen LogP contribution in [0, 0.1) is 11.7 Å². The van der Waals surface area contributed by atoms with Gasteiger partial charge in [-0.3, -0.25) is 0 Å². The van der Waals surface area contributed by atoms with E-state index in [2.05, 4.69) is 36.2 Å². The van der Waals surface area contributed by atoms with Gasteiger partial charge in [-0.25, -0.2) is 4.39 Å². The number of benzene rings is 1. The van der Waals surface area contributed by atoms with Crippen molar-refractivity contribution in [2.24, 2.45) is 5.92 Å². The monoisotopic (exact) mass is 277 g/mol. The zero-order valence-corrected chi connectivity index (χ0v) is 12.2. The lowest BCUT2D eigenvalue weighted by Gasteiger charge is -2.23. The van der Waals surface area contributed by atoms with Crippen LogP contribution in [0.2, 0.25) is 0 Å². The Labute approximate surface area is 118 Å². The van der Waals surface area contributed by atoms with Gasteiger partial charge in [0.2, 0.25) is 11.7 Å². The van der Waals surface area contributed by atoms with E-state index in [9.17, 15) is 4.39 Å². The second-order valence-corrected chi connectivity index (χ2v) is 5.31. The van der Waals surface area contributed by atoms with E-state index in [-0.39, 0.29) is 17.8 Å². The SMILES string of the molecule is CNC(C)C(c1nc(-c2cccc(F)c2)no1)C(C)C. The fourth-order valence-electron chi connectivity index (χ4n) is 2.37. The van der Waals surface area contributed by atoms with Crippen LogP contribution < -0.4 is 5.32 Å². The first-order valence-electron chi connectivity index (χ1n) is 6.79. The van der Waals surface area contributed by atoms with Crippen molar-refractivity contribution in [1.82, 2.24) is 15.5 Å². The molecular formula is C15H20FN3O. The molecule has 0 aliphatic heterocycles. The summed E-state index contributed by atoms with van der Waals surface area (Å²) in [4.78, 5) is 4.43. The lowest BCUT2D eigenvalue weighted by atomic mass is 9.89. The molecule has 0 fully saturated rings. The van der Waals surface area contributed by atoms with Crippen molar-refractivity contribution < 1.29 is 8.91 Å². The molecule has 0 aliphatic carbocycles. The number of likely N-dealkylation sites (N-methyl/N-ethyl adjacent to an activating group) is 1. The molecule has 0 saturated carbocycles. The average molecular weight is 277 g/mol. The Morgan fingerprint density at radius 3 is 2.60 bits per heavy atom. The average Bonchev–Trinajstić information content (AvgIpc) is 2.87. The molecule has 0 saturated heterocycles. The number of hydrogen-bond donors (Lipinski definition) is 1. The molecule has 2 unspecified atom stereocenters. The molecule has 0 aliphatic rings. The lowest BCUT2D eigenvalue weighted by molar-refractivity contribution is 0.286. The quantitative estimate of drug-likeness (QED) is 0.911. The Morgan fingerprint density at radius 1 is 1.25 bits per heavy atom. The molecule has 0 spiro atoms. The van der Waals surface area contributed by atoms with E-state index in [1.165, 1.54) is 12.1 Å². The van der Waals surface area contributed by atoms with E-state index in [1.54, 1.807) is 12.1 Å². The highest BCUT2D eigenvalue weighted by Gasteiger charge is 2.27. The van der Waals surface area contributed by atoms with E-state index in [0.717, 1.165) is 0 Å². The van der Waals surface area contributed by atoms with Crippen LogP contribution in [0.15, 0.2) is 28.8 Å². The molecule has 20 heavy (non-hydrogen) atoms. The Bertz CT molecular complexity index is 568. The van der Waals surface area contributed by atoms with Gasteiger partial charge in [0, 0.05) is 11.6 Å². The normalized spacial score (nSPS) is 14.5. The molecule has 0 radical (unpaired) electrons. The standard InChI is InChI=1S/C15H20FN3O/c1-9(2)13(10(3)17-4)15-18-14(19-20-15)11-6-5-7-12(16)8-11/h5-10,13,17H,1-4H3. The first-order valence-corrected chi connectivity index (χ1v) is 6.79. The van der Waals surface area contributed by atoms with Crippen molar-refractivity contribution in [2.75, 3.05) is 7.05 Å². The fourth-order valence-corrected chi connectivity index (χ4v) is 2.37. The third-order valence-corrected chi connectivity index (χ3v) is 3.52. The zero-order valence-electron chi connectivity index (χ0n) is 12.2. The number of nitrogens with one attached hydrogen (secondary N) is 1. The second-order valence-electron chi connectivity index (χ2n) is 5.31. The van der Waals surface area contributed by atoms with Crippen LogP contribution in [0.1, 0.15) is 32.6 Å². The molecule has 2 rings (SSSR count). The van der Waals surface area contributed by atoms with Crippen LogP contribution >= 0.6 is 0 Å². The highest BCUT2D eigenvalue weighted by Crippen LogP contribution is 2.28. The molecule has 1 aromatic carbocycles. The van der Waals surface area contributed by atoms with Gasteiger partial charge in [-0.15, -0.1) is 0 Å². The molecule has 2 atom stereocenters. The molecule has 0 bridgehead atoms. The summed E-state index contributed by atoms with van der Waals surface area (Å²) in [6.07, 6.45) is 0. The molecule has 5 heteroatoms. The summed E-state index contributed by atoms with van der Waals surface area (Å²) in [6, 6.07) is 6.42. The van der Waals surface area contributed by atoms with E-state index in [0.29, 0.717) is 23.2 Å². The van der Waals surface area contributed by atoms with Crippen molar-refractivity contribution in [3.63, 3.8) is 0 Å². The van der Waals surface area contributed by atoms with Crippen LogP contribution in [0.5, 0.6) is 0 Å². The van der Waals surface area contributed by atoms with Gasteiger partial charge in [0.05, 0.1) is 5.92 Å². The highest BCUT2D eigenvalue weighted by molar-refractivity contribution is 5.53. The fraction of sp³-hybridized carbons (Fsp3) is 0.467. The smallest absolute Gasteiger partial charge is 0.231 e. The predicted molar refractivity (Wildman–Crippen MR) is 75.8 cm³/mol. The molecule has 1 N–H and O–H groups in total. The number of aromatic nitrogens is 2. The van der Waals surface area contributed by atoms with Crippen LogP contribution in [-0.2, 0) is 0 Å². The molecule has 1 aromatic heterocycles. The van der Waals surface area contributed by atoms with Gasteiger partial charge in [-0.1, -0.05) is 31.1 Å². The van der Waals surface area contributed by atoms with Crippen molar-refractivity contribution in [3.05, 3.63) is 36.0 Å². The van der Waals surface area contributed by atoms with Gasteiger partial charge in [0.25, 0.3) is 0 Å². The van der Waals surface area contributed by atoms with Gasteiger partial charge < -0.3 is 9.84 Å². The van der Waals surface area contributed by atoms with Gasteiger partial charge in [-0.2, -0.15) is 4.98 Å². The topological polar surface area (TPSA) is 51.0 Å². The van der Waals surface area contributed by atoms with Crippen LogP contribution in [-0.4, -0.2) is 23.2 Å². The second kappa shape index (κ2) is 6.13. The molecule has 1 heterocycles. The maximum Gasteiger partial charge on any atom is 0.231 e.